The summed E-state index contributed by atoms with van der Waals surface area (Å²) in [6, 6.07) is 8.61. The first-order chi connectivity index (χ1) is 12.2. The smallest absolute Gasteiger partial charge is 0.410 e. The number of carbonyl (C=O) groups excluding carboxylic acids is 2. The van der Waals surface area contributed by atoms with Crippen LogP contribution in [0.3, 0.4) is 0 Å². The Labute approximate surface area is 157 Å². The van der Waals surface area contributed by atoms with Crippen molar-refractivity contribution in [3.63, 3.8) is 0 Å². The number of nitrogens with one attached hydrogen (secondary N) is 1. The Morgan fingerprint density at radius 3 is 2.35 bits per heavy atom. The van der Waals surface area contributed by atoms with Gasteiger partial charge in [-0.25, -0.2) is 4.79 Å². The number of likely N-dealkylation sites (tertiary alicyclic amines) is 1. The molecule has 0 radical (unpaired) electrons. The molecule has 1 aromatic carbocycles. The highest BCUT2D eigenvalue weighted by Crippen LogP contribution is 2.16. The third-order valence-electron chi connectivity index (χ3n) is 4.50. The van der Waals surface area contributed by atoms with E-state index in [1.807, 2.05) is 20.8 Å². The van der Waals surface area contributed by atoms with E-state index in [4.69, 9.17) is 4.74 Å². The van der Waals surface area contributed by atoms with Gasteiger partial charge in [-0.2, -0.15) is 0 Å². The monoisotopic (exact) mass is 360 g/mol. The quantitative estimate of drug-likeness (QED) is 0.868. The summed E-state index contributed by atoms with van der Waals surface area (Å²) in [5, 5.41) is 3.10. The van der Waals surface area contributed by atoms with Crippen LogP contribution in [0.1, 0.15) is 57.6 Å². The summed E-state index contributed by atoms with van der Waals surface area (Å²) in [7, 11) is 0. The second-order valence-electron chi connectivity index (χ2n) is 8.15. The third kappa shape index (κ3) is 7.06. The molecule has 0 bridgehead atoms. The standard InChI is InChI=1S/C21H32N2O3/c1-16-8-10-17(11-9-16)6-5-7-19(24)22-18-12-14-23(15-13-18)20(25)26-21(2,3)4/h8-11,18H,5-7,12-15H2,1-4H3,(H,22,24). The molecule has 5 nitrogen and oxygen atoms in total. The minimum Gasteiger partial charge on any atom is -0.444 e. The summed E-state index contributed by atoms with van der Waals surface area (Å²) >= 11 is 0. The first-order valence-corrected chi connectivity index (χ1v) is 9.56. The van der Waals surface area contributed by atoms with Crippen molar-refractivity contribution in [2.45, 2.75) is 71.4 Å². The molecule has 1 heterocycles. The minimum atomic E-state index is -0.473. The van der Waals surface area contributed by atoms with E-state index in [0.29, 0.717) is 19.5 Å². The highest BCUT2D eigenvalue weighted by atomic mass is 16.6. The van der Waals surface area contributed by atoms with Gasteiger partial charge in [0.15, 0.2) is 0 Å². The lowest BCUT2D eigenvalue weighted by Gasteiger charge is -2.33. The summed E-state index contributed by atoms with van der Waals surface area (Å²) in [6.45, 7) is 8.94. The van der Waals surface area contributed by atoms with Crippen molar-refractivity contribution in [3.8, 4) is 0 Å². The number of nitrogens with zero attached hydrogens (tertiary/aromatic N) is 1. The van der Waals surface area contributed by atoms with Crippen molar-refractivity contribution in [2.75, 3.05) is 13.1 Å². The molecule has 1 aliphatic heterocycles. The maximum atomic E-state index is 12.1. The summed E-state index contributed by atoms with van der Waals surface area (Å²) in [4.78, 5) is 25.9. The topological polar surface area (TPSA) is 58.6 Å². The summed E-state index contributed by atoms with van der Waals surface area (Å²) in [5.74, 6) is 0.104. The van der Waals surface area contributed by atoms with Gasteiger partial charge in [0.25, 0.3) is 0 Å². The molecule has 1 N–H and O–H groups in total. The van der Waals surface area contributed by atoms with Crippen LogP contribution < -0.4 is 5.32 Å². The van der Waals surface area contributed by atoms with Crippen LogP contribution in [-0.2, 0) is 16.0 Å². The normalized spacial score (nSPS) is 15.6. The predicted octanol–water partition coefficient (Wildman–Crippen LogP) is 3.83. The average Bonchev–Trinajstić information content (AvgIpc) is 2.56. The first kappa shape index (κ1) is 20.3. The number of piperidine rings is 1. The van der Waals surface area contributed by atoms with E-state index in [1.165, 1.54) is 11.1 Å². The molecule has 0 spiro atoms. The van der Waals surface area contributed by atoms with Gasteiger partial charge in [0, 0.05) is 25.6 Å². The number of rotatable bonds is 5. The number of hydrogen-bond donors (Lipinski definition) is 1. The van der Waals surface area contributed by atoms with Crippen LogP contribution >= 0.6 is 0 Å². The number of amides is 2. The molecule has 1 fully saturated rings. The van der Waals surface area contributed by atoms with Gasteiger partial charge in [0.05, 0.1) is 0 Å². The Balaban J connectivity index is 1.64. The van der Waals surface area contributed by atoms with Gasteiger partial charge in [-0.1, -0.05) is 29.8 Å². The van der Waals surface area contributed by atoms with Crippen LogP contribution in [0.4, 0.5) is 4.79 Å². The Morgan fingerprint density at radius 1 is 1.15 bits per heavy atom. The maximum Gasteiger partial charge on any atom is 0.410 e. The van der Waals surface area contributed by atoms with Gasteiger partial charge in [0.1, 0.15) is 5.60 Å². The molecule has 0 saturated carbocycles. The third-order valence-corrected chi connectivity index (χ3v) is 4.50. The zero-order valence-electron chi connectivity index (χ0n) is 16.5. The Bertz CT molecular complexity index is 597. The summed E-state index contributed by atoms with van der Waals surface area (Å²) in [6.07, 6.45) is 3.61. The number of hydrogen-bond acceptors (Lipinski definition) is 3. The molecule has 144 valence electrons. The molecule has 26 heavy (non-hydrogen) atoms. The number of benzene rings is 1. The van der Waals surface area contributed by atoms with Gasteiger partial charge >= 0.3 is 6.09 Å². The Hall–Kier alpha value is -2.04. The average molecular weight is 360 g/mol. The SMILES string of the molecule is Cc1ccc(CCCC(=O)NC2CCN(C(=O)OC(C)(C)C)CC2)cc1. The first-order valence-electron chi connectivity index (χ1n) is 9.56. The van der Waals surface area contributed by atoms with E-state index in [2.05, 4.69) is 36.5 Å². The number of ether oxygens (including phenoxy) is 1. The minimum absolute atomic E-state index is 0.104. The van der Waals surface area contributed by atoms with E-state index >= 15 is 0 Å². The largest absolute Gasteiger partial charge is 0.444 e. The van der Waals surface area contributed by atoms with Crippen molar-refractivity contribution < 1.29 is 14.3 Å². The van der Waals surface area contributed by atoms with Crippen LogP contribution in [-0.4, -0.2) is 41.6 Å². The molecule has 0 atom stereocenters. The number of carbonyl (C=O) groups is 2. The van der Waals surface area contributed by atoms with Crippen molar-refractivity contribution in [2.24, 2.45) is 0 Å². The molecule has 1 aliphatic rings. The fourth-order valence-corrected chi connectivity index (χ4v) is 3.04. The lowest BCUT2D eigenvalue weighted by molar-refractivity contribution is -0.122. The van der Waals surface area contributed by atoms with Gasteiger partial charge in [0.2, 0.25) is 5.91 Å². The predicted molar refractivity (Wildman–Crippen MR) is 103 cm³/mol. The zero-order valence-corrected chi connectivity index (χ0v) is 16.5. The molecular weight excluding hydrogens is 328 g/mol. The molecule has 1 saturated heterocycles. The van der Waals surface area contributed by atoms with Crippen LogP contribution in [0.2, 0.25) is 0 Å². The molecule has 2 rings (SSSR count). The van der Waals surface area contributed by atoms with E-state index in [0.717, 1.165) is 25.7 Å². The van der Waals surface area contributed by atoms with Crippen molar-refractivity contribution >= 4 is 12.0 Å². The van der Waals surface area contributed by atoms with Crippen LogP contribution in [0.5, 0.6) is 0 Å². The van der Waals surface area contributed by atoms with Crippen molar-refractivity contribution in [1.82, 2.24) is 10.2 Å². The highest BCUT2D eigenvalue weighted by molar-refractivity contribution is 5.76. The molecule has 0 unspecified atom stereocenters. The van der Waals surface area contributed by atoms with Crippen LogP contribution in [0.25, 0.3) is 0 Å². The van der Waals surface area contributed by atoms with E-state index in [9.17, 15) is 9.59 Å². The second-order valence-corrected chi connectivity index (χ2v) is 8.15. The Kier molecular flexibility index (Phi) is 7.06. The molecule has 2 amide bonds. The summed E-state index contributed by atoms with van der Waals surface area (Å²) in [5.41, 5.74) is 2.05. The molecule has 5 heteroatoms. The molecule has 0 aliphatic carbocycles. The van der Waals surface area contributed by atoms with Crippen molar-refractivity contribution in [1.29, 1.82) is 0 Å². The molecule has 0 aromatic heterocycles. The fourth-order valence-electron chi connectivity index (χ4n) is 3.04. The lowest BCUT2D eigenvalue weighted by atomic mass is 10.0. The van der Waals surface area contributed by atoms with Crippen LogP contribution in [0.15, 0.2) is 24.3 Å². The van der Waals surface area contributed by atoms with Crippen LogP contribution in [0, 0.1) is 6.92 Å². The van der Waals surface area contributed by atoms with Crippen molar-refractivity contribution in [3.05, 3.63) is 35.4 Å². The fraction of sp³-hybridized carbons (Fsp3) is 0.619. The number of aryl methyl sites for hydroxylation is 2. The zero-order chi connectivity index (χ0) is 19.2. The maximum absolute atomic E-state index is 12.1. The second kappa shape index (κ2) is 9.06. The highest BCUT2D eigenvalue weighted by Gasteiger charge is 2.27. The van der Waals surface area contributed by atoms with Gasteiger partial charge in [-0.3, -0.25) is 4.79 Å². The molecule has 1 aromatic rings. The van der Waals surface area contributed by atoms with Gasteiger partial charge in [-0.05, 0) is 58.9 Å². The lowest BCUT2D eigenvalue weighted by Crippen LogP contribution is -2.47. The summed E-state index contributed by atoms with van der Waals surface area (Å²) < 4.78 is 5.40. The Morgan fingerprint density at radius 2 is 1.77 bits per heavy atom. The molecular formula is C21H32N2O3. The van der Waals surface area contributed by atoms with Gasteiger partial charge < -0.3 is 15.0 Å². The van der Waals surface area contributed by atoms with E-state index in [-0.39, 0.29) is 18.0 Å². The van der Waals surface area contributed by atoms with Gasteiger partial charge in [-0.15, -0.1) is 0 Å². The van der Waals surface area contributed by atoms with E-state index < -0.39 is 5.60 Å². The van der Waals surface area contributed by atoms with E-state index in [1.54, 1.807) is 4.90 Å².